The van der Waals surface area contributed by atoms with Crippen LogP contribution < -0.4 is 5.73 Å². The van der Waals surface area contributed by atoms with Gasteiger partial charge in [0.15, 0.2) is 0 Å². The first-order chi connectivity index (χ1) is 7.39. The van der Waals surface area contributed by atoms with Crippen molar-refractivity contribution in [2.45, 2.75) is 89.5 Å². The van der Waals surface area contributed by atoms with Crippen LogP contribution in [-0.4, -0.2) is 6.04 Å². The quantitative estimate of drug-likeness (QED) is 0.552. The Balaban J connectivity index is 2.10. The van der Waals surface area contributed by atoms with E-state index in [0.717, 1.165) is 12.8 Å². The number of hydrogen-bond donors (Lipinski definition) is 0. The first kappa shape index (κ1) is 13.0. The Morgan fingerprint density at radius 2 is 0.733 bits per heavy atom. The summed E-state index contributed by atoms with van der Waals surface area (Å²) in [6.45, 7) is 0. The fraction of sp³-hybridized carbons (Fsp3) is 1.00. The maximum Gasteiger partial charge on any atom is 0.0213 e. The third kappa shape index (κ3) is 7.84. The Hall–Kier alpha value is -0.0400. The van der Waals surface area contributed by atoms with Crippen LogP contribution in [0.3, 0.4) is 0 Å². The summed E-state index contributed by atoms with van der Waals surface area (Å²) in [7, 11) is 0. The first-order valence-electron chi connectivity index (χ1n) is 7.11. The second-order valence-corrected chi connectivity index (χ2v) is 5.16. The van der Waals surface area contributed by atoms with Crippen LogP contribution in [-0.2, 0) is 0 Å². The molecule has 15 heavy (non-hydrogen) atoms. The molecule has 0 spiro atoms. The van der Waals surface area contributed by atoms with Gasteiger partial charge in [-0.05, 0) is 12.8 Å². The molecule has 0 unspecified atom stereocenters. The topological polar surface area (TPSA) is 23.8 Å². The number of rotatable bonds is 0. The molecule has 0 aromatic rings. The van der Waals surface area contributed by atoms with Crippen LogP contribution in [0.25, 0.3) is 0 Å². The smallest absolute Gasteiger partial charge is 0.0213 e. The second-order valence-electron chi connectivity index (χ2n) is 5.16. The van der Waals surface area contributed by atoms with Crippen LogP contribution in [0.5, 0.6) is 0 Å². The SMILES string of the molecule is [NH]C1CCCCCCCCCCCCC1. The van der Waals surface area contributed by atoms with Gasteiger partial charge in [-0.3, -0.25) is 5.73 Å². The van der Waals surface area contributed by atoms with Crippen molar-refractivity contribution < 1.29 is 0 Å². The van der Waals surface area contributed by atoms with E-state index in [4.69, 9.17) is 5.73 Å². The summed E-state index contributed by atoms with van der Waals surface area (Å²) in [5.41, 5.74) is 7.90. The molecule has 0 amide bonds. The highest BCUT2D eigenvalue weighted by molar-refractivity contribution is 4.61. The van der Waals surface area contributed by atoms with Crippen molar-refractivity contribution in [1.29, 1.82) is 0 Å². The Morgan fingerprint density at radius 3 is 1.07 bits per heavy atom. The number of hydrogen-bond acceptors (Lipinski definition) is 0. The standard InChI is InChI=1S/C14H28N/c15-14-12-10-8-6-4-2-1-3-5-7-9-11-13-14/h14-15H,1-13H2. The molecule has 1 nitrogen and oxygen atoms in total. The van der Waals surface area contributed by atoms with Crippen LogP contribution >= 0.6 is 0 Å². The summed E-state index contributed by atoms with van der Waals surface area (Å²) in [6, 6.07) is 0.243. The molecule has 1 aliphatic carbocycles. The minimum Gasteiger partial charge on any atom is -0.255 e. The van der Waals surface area contributed by atoms with Gasteiger partial charge in [0, 0.05) is 6.04 Å². The lowest BCUT2D eigenvalue weighted by molar-refractivity contribution is 0.462. The van der Waals surface area contributed by atoms with Gasteiger partial charge in [0.2, 0.25) is 0 Å². The van der Waals surface area contributed by atoms with E-state index in [0.29, 0.717) is 0 Å². The Kier molecular flexibility index (Phi) is 7.99. The van der Waals surface area contributed by atoms with Crippen LogP contribution in [0.15, 0.2) is 0 Å². The molecule has 0 aliphatic heterocycles. The van der Waals surface area contributed by atoms with Crippen molar-refractivity contribution in [3.8, 4) is 0 Å². The zero-order valence-corrected chi connectivity index (χ0v) is 10.3. The zero-order chi connectivity index (χ0) is 10.8. The van der Waals surface area contributed by atoms with Crippen LogP contribution in [0, 0.1) is 0 Å². The van der Waals surface area contributed by atoms with Crippen molar-refractivity contribution in [1.82, 2.24) is 5.73 Å². The van der Waals surface area contributed by atoms with E-state index in [1.54, 1.807) is 0 Å². The molecule has 1 saturated carbocycles. The largest absolute Gasteiger partial charge is 0.255 e. The van der Waals surface area contributed by atoms with Crippen molar-refractivity contribution in [2.24, 2.45) is 0 Å². The molecule has 0 aromatic carbocycles. The van der Waals surface area contributed by atoms with E-state index in [9.17, 15) is 0 Å². The average molecular weight is 210 g/mol. The predicted molar refractivity (Wildman–Crippen MR) is 66.9 cm³/mol. The van der Waals surface area contributed by atoms with Crippen molar-refractivity contribution in [3.05, 3.63) is 0 Å². The van der Waals surface area contributed by atoms with Gasteiger partial charge in [-0.25, -0.2) is 0 Å². The maximum absolute atomic E-state index is 7.90. The van der Waals surface area contributed by atoms with Gasteiger partial charge in [0.1, 0.15) is 0 Å². The third-order valence-corrected chi connectivity index (χ3v) is 3.61. The van der Waals surface area contributed by atoms with Crippen molar-refractivity contribution >= 4 is 0 Å². The first-order valence-corrected chi connectivity index (χ1v) is 7.11. The van der Waals surface area contributed by atoms with Gasteiger partial charge in [0.25, 0.3) is 0 Å². The highest BCUT2D eigenvalue weighted by atomic mass is 14.6. The summed E-state index contributed by atoms with van der Waals surface area (Å²) in [5.74, 6) is 0. The minimum absolute atomic E-state index is 0.243. The molecule has 1 radical (unpaired) electrons. The minimum atomic E-state index is 0.243. The molecule has 1 fully saturated rings. The molecule has 1 heteroatoms. The third-order valence-electron chi connectivity index (χ3n) is 3.61. The van der Waals surface area contributed by atoms with Crippen LogP contribution in [0.1, 0.15) is 83.5 Å². The average Bonchev–Trinajstić information content (AvgIpc) is 2.24. The number of nitrogens with one attached hydrogen (secondary N) is 1. The Labute approximate surface area is 95.8 Å². The van der Waals surface area contributed by atoms with Gasteiger partial charge in [-0.2, -0.15) is 0 Å². The summed E-state index contributed by atoms with van der Waals surface area (Å²) >= 11 is 0. The second kappa shape index (κ2) is 9.21. The van der Waals surface area contributed by atoms with Gasteiger partial charge < -0.3 is 0 Å². The highest BCUT2D eigenvalue weighted by Crippen LogP contribution is 2.16. The monoisotopic (exact) mass is 210 g/mol. The summed E-state index contributed by atoms with van der Waals surface area (Å²) in [5, 5.41) is 0. The normalized spacial score (nSPS) is 24.6. The summed E-state index contributed by atoms with van der Waals surface area (Å²) in [4.78, 5) is 0. The lowest BCUT2D eigenvalue weighted by Crippen LogP contribution is -2.08. The van der Waals surface area contributed by atoms with E-state index < -0.39 is 0 Å². The molecular weight excluding hydrogens is 182 g/mol. The van der Waals surface area contributed by atoms with Crippen molar-refractivity contribution in [2.75, 3.05) is 0 Å². The van der Waals surface area contributed by atoms with Gasteiger partial charge >= 0.3 is 0 Å². The molecule has 1 rings (SSSR count). The molecule has 0 atom stereocenters. The molecule has 0 saturated heterocycles. The Bertz CT molecular complexity index is 119. The molecule has 1 N–H and O–H groups in total. The van der Waals surface area contributed by atoms with E-state index in [2.05, 4.69) is 0 Å². The van der Waals surface area contributed by atoms with Crippen LogP contribution in [0.2, 0.25) is 0 Å². The van der Waals surface area contributed by atoms with E-state index >= 15 is 0 Å². The molecular formula is C14H28N. The van der Waals surface area contributed by atoms with Gasteiger partial charge in [-0.15, -0.1) is 0 Å². The lowest BCUT2D eigenvalue weighted by atomic mass is 9.99. The Morgan fingerprint density at radius 1 is 0.467 bits per heavy atom. The van der Waals surface area contributed by atoms with E-state index in [-0.39, 0.29) is 6.04 Å². The maximum atomic E-state index is 7.90. The summed E-state index contributed by atoms with van der Waals surface area (Å²) in [6.07, 6.45) is 17.7. The highest BCUT2D eigenvalue weighted by Gasteiger charge is 2.03. The fourth-order valence-corrected chi connectivity index (χ4v) is 2.52. The van der Waals surface area contributed by atoms with Gasteiger partial charge in [0.05, 0.1) is 0 Å². The predicted octanol–water partition coefficient (Wildman–Crippen LogP) is 4.72. The lowest BCUT2D eigenvalue weighted by Gasteiger charge is -2.11. The molecule has 89 valence electrons. The molecule has 0 heterocycles. The zero-order valence-electron chi connectivity index (χ0n) is 10.3. The summed E-state index contributed by atoms with van der Waals surface area (Å²) < 4.78 is 0. The molecule has 0 aromatic heterocycles. The van der Waals surface area contributed by atoms with Crippen LogP contribution in [0.4, 0.5) is 0 Å². The van der Waals surface area contributed by atoms with Gasteiger partial charge in [-0.1, -0.05) is 70.6 Å². The fourth-order valence-electron chi connectivity index (χ4n) is 2.52. The molecule has 1 aliphatic rings. The van der Waals surface area contributed by atoms with Crippen molar-refractivity contribution in [3.63, 3.8) is 0 Å². The van der Waals surface area contributed by atoms with E-state index in [1.807, 2.05) is 0 Å². The van der Waals surface area contributed by atoms with E-state index in [1.165, 1.54) is 70.6 Å². The molecule has 0 bridgehead atoms.